The minimum absolute atomic E-state index is 0.00124. The minimum atomic E-state index is -0.213. The van der Waals surface area contributed by atoms with Gasteiger partial charge in [0.2, 0.25) is 0 Å². The highest BCUT2D eigenvalue weighted by atomic mass is 16.3. The Morgan fingerprint density at radius 1 is 0.407 bits per heavy atom. The van der Waals surface area contributed by atoms with Gasteiger partial charge in [-0.2, -0.15) is 0 Å². The summed E-state index contributed by atoms with van der Waals surface area (Å²) in [7, 11) is 0. The molecule has 0 saturated carbocycles. The molecule has 0 unspecified atom stereocenters. The summed E-state index contributed by atoms with van der Waals surface area (Å²) in [5.41, 5.74) is 29.4. The quantitative estimate of drug-likeness (QED) is 0.165. The van der Waals surface area contributed by atoms with Crippen molar-refractivity contribution >= 4 is 85.5 Å². The average Bonchev–Trinajstić information content (AvgIpc) is 2.09. The highest BCUT2D eigenvalue weighted by Gasteiger charge is 2.51. The molecule has 414 valence electrons. The van der Waals surface area contributed by atoms with E-state index in [0.717, 1.165) is 42.6 Å². The van der Waals surface area contributed by atoms with E-state index in [4.69, 9.17) is 4.42 Å². The third-order valence-corrected chi connectivity index (χ3v) is 21.9. The maximum absolute atomic E-state index is 7.87. The first-order valence-electron chi connectivity index (χ1n) is 30.8. The van der Waals surface area contributed by atoms with Crippen LogP contribution in [0.4, 0.5) is 51.2 Å². The Morgan fingerprint density at radius 3 is 1.47 bits per heavy atom. The molecule has 81 heavy (non-hydrogen) atoms. The van der Waals surface area contributed by atoms with Gasteiger partial charge in [0.25, 0.3) is 6.71 Å². The summed E-state index contributed by atoms with van der Waals surface area (Å²) in [6.45, 7) is 43.7. The summed E-state index contributed by atoms with van der Waals surface area (Å²) >= 11 is 0. The third-order valence-electron chi connectivity index (χ3n) is 21.9. The van der Waals surface area contributed by atoms with Crippen molar-refractivity contribution in [3.8, 4) is 0 Å². The molecule has 0 amide bonds. The number of anilines is 9. The predicted octanol–water partition coefficient (Wildman–Crippen LogP) is 19.3. The second kappa shape index (κ2) is 16.6. The maximum Gasteiger partial charge on any atom is 0.297 e. The Labute approximate surface area is 485 Å². The number of hydrogen-bond donors (Lipinski definition) is 0. The van der Waals surface area contributed by atoms with Crippen LogP contribution in [0, 0.1) is 6.92 Å². The summed E-state index contributed by atoms with van der Waals surface area (Å²) in [5, 5.41) is 1.20. The molecule has 0 bridgehead atoms. The molecular weight excluding hydrogens is 982 g/mol. The lowest BCUT2D eigenvalue weighted by atomic mass is 9.35. The van der Waals surface area contributed by atoms with Crippen LogP contribution < -0.4 is 31.3 Å². The lowest BCUT2D eigenvalue weighted by Gasteiger charge is -2.47. The lowest BCUT2D eigenvalue weighted by molar-refractivity contribution is 0.332. The molecule has 0 saturated heterocycles. The van der Waals surface area contributed by atoms with E-state index in [1.807, 2.05) is 0 Å². The van der Waals surface area contributed by atoms with Crippen LogP contribution in [0.1, 0.15) is 212 Å². The molecule has 1 aromatic heterocycles. The van der Waals surface area contributed by atoms with Crippen molar-refractivity contribution < 1.29 is 4.42 Å². The first-order valence-corrected chi connectivity index (χ1v) is 30.8. The summed E-state index contributed by atoms with van der Waals surface area (Å²) in [5.74, 6) is 0. The molecule has 0 fully saturated rings. The van der Waals surface area contributed by atoms with Gasteiger partial charge in [-0.25, -0.2) is 0 Å². The standard InChI is InChI=1S/C76H86BN3O/c1-45-37-53-56(74(13,14)35-33-71(53,7)8)43-62(45)80-61-30-27-46(69(2,3)4)38-58(61)77-66-63(40-48(41-64(66)80)78-59-25-21-19-23-51(59)76(17,18)52-24-20-22-26-60(52)78)79(47-28-29-50-54(39-47)72(9,10)32-31-70(50,5)6)67-49-42-55-57(44-65(49)81-68(67)77)75(15,16)36-34-73(55,11)12/h19-30,37-44H,31-36H2,1-18H3. The Hall–Kier alpha value is -6.46. The van der Waals surface area contributed by atoms with Crippen LogP contribution in [-0.2, 0) is 43.3 Å². The summed E-state index contributed by atoms with van der Waals surface area (Å²) < 4.78 is 7.87. The van der Waals surface area contributed by atoms with Gasteiger partial charge in [-0.15, -0.1) is 0 Å². The van der Waals surface area contributed by atoms with E-state index in [2.05, 4.69) is 261 Å². The monoisotopic (exact) mass is 1070 g/mol. The first kappa shape index (κ1) is 52.6. The molecule has 4 nitrogen and oxygen atoms in total. The van der Waals surface area contributed by atoms with Gasteiger partial charge in [0.1, 0.15) is 5.58 Å². The average molecular weight is 1070 g/mol. The SMILES string of the molecule is Cc1cc2c(cc1N1c3ccc(C(C)(C)C)cc3B3c4oc5cc6c(cc5c4N(c4ccc5c(c4)C(C)(C)CCC5(C)C)c4cc(N5c7ccccc7C(C)(C)c7ccccc75)cc1c43)C(C)(C)CCC6(C)C)C(C)(C)CCC2(C)C. The zero-order valence-electron chi connectivity index (χ0n) is 52.1. The molecular formula is C76H86BN3O. The molecule has 4 heterocycles. The molecule has 0 radical (unpaired) electrons. The van der Waals surface area contributed by atoms with Crippen molar-refractivity contribution in [2.24, 2.45) is 0 Å². The van der Waals surface area contributed by atoms with E-state index in [9.17, 15) is 0 Å². The first-order chi connectivity index (χ1) is 37.9. The van der Waals surface area contributed by atoms with Crippen molar-refractivity contribution in [1.29, 1.82) is 0 Å². The fraction of sp³-hybridized carbons (Fsp3) is 0.421. The van der Waals surface area contributed by atoms with Gasteiger partial charge in [-0.1, -0.05) is 178 Å². The van der Waals surface area contributed by atoms with Gasteiger partial charge in [0.15, 0.2) is 0 Å². The Kier molecular flexibility index (Phi) is 10.8. The van der Waals surface area contributed by atoms with E-state index in [-0.39, 0.29) is 50.0 Å². The molecule has 0 atom stereocenters. The molecule has 5 heteroatoms. The summed E-state index contributed by atoms with van der Waals surface area (Å²) in [6.07, 6.45) is 6.91. The predicted molar refractivity (Wildman–Crippen MR) is 346 cm³/mol. The van der Waals surface area contributed by atoms with Crippen LogP contribution in [-0.4, -0.2) is 6.71 Å². The maximum atomic E-state index is 7.87. The second-order valence-electron chi connectivity index (χ2n) is 31.4. The van der Waals surface area contributed by atoms with Crippen molar-refractivity contribution in [3.63, 3.8) is 0 Å². The Bertz CT molecular complexity index is 3970. The third kappa shape index (κ3) is 7.47. The van der Waals surface area contributed by atoms with E-state index in [0.29, 0.717) is 0 Å². The number of aryl methyl sites for hydroxylation is 1. The largest absolute Gasteiger partial charge is 0.468 e. The van der Waals surface area contributed by atoms with Crippen LogP contribution >= 0.6 is 0 Å². The van der Waals surface area contributed by atoms with Gasteiger partial charge < -0.3 is 19.1 Å². The van der Waals surface area contributed by atoms with Gasteiger partial charge in [-0.05, 0) is 211 Å². The fourth-order valence-electron chi connectivity index (χ4n) is 16.3. The van der Waals surface area contributed by atoms with Crippen molar-refractivity contribution in [2.45, 2.75) is 206 Å². The van der Waals surface area contributed by atoms with Gasteiger partial charge in [-0.3, -0.25) is 0 Å². The number of rotatable bonds is 3. The summed E-state index contributed by atoms with van der Waals surface area (Å²) in [6, 6.07) is 48.8. The number of hydrogen-bond acceptors (Lipinski definition) is 4. The molecule has 8 aromatic rings. The zero-order chi connectivity index (χ0) is 57.3. The van der Waals surface area contributed by atoms with Gasteiger partial charge in [0, 0.05) is 39.2 Å². The van der Waals surface area contributed by atoms with E-state index in [1.165, 1.54) is 130 Å². The van der Waals surface area contributed by atoms with Gasteiger partial charge in [0.05, 0.1) is 28.4 Å². The molecule has 0 spiro atoms. The van der Waals surface area contributed by atoms with Crippen molar-refractivity contribution in [2.75, 3.05) is 14.7 Å². The smallest absolute Gasteiger partial charge is 0.297 e. The van der Waals surface area contributed by atoms with Gasteiger partial charge >= 0.3 is 0 Å². The number of furan rings is 1. The van der Waals surface area contributed by atoms with E-state index in [1.54, 1.807) is 0 Å². The molecule has 14 rings (SSSR count). The number of nitrogens with zero attached hydrogens (tertiary/aromatic N) is 3. The highest BCUT2D eigenvalue weighted by molar-refractivity contribution is 7.00. The zero-order valence-corrected chi connectivity index (χ0v) is 52.1. The van der Waals surface area contributed by atoms with Crippen LogP contribution in [0.15, 0.2) is 126 Å². The Morgan fingerprint density at radius 2 is 0.901 bits per heavy atom. The second-order valence-corrected chi connectivity index (χ2v) is 31.4. The molecule has 7 aromatic carbocycles. The van der Waals surface area contributed by atoms with Crippen molar-refractivity contribution in [3.05, 3.63) is 177 Å². The topological polar surface area (TPSA) is 22.9 Å². The highest BCUT2D eigenvalue weighted by Crippen LogP contribution is 2.58. The van der Waals surface area contributed by atoms with Crippen LogP contribution in [0.25, 0.3) is 11.0 Å². The van der Waals surface area contributed by atoms with E-state index >= 15 is 0 Å². The van der Waals surface area contributed by atoms with Crippen molar-refractivity contribution in [1.82, 2.24) is 0 Å². The fourth-order valence-corrected chi connectivity index (χ4v) is 16.3. The number of benzene rings is 7. The Balaban J connectivity index is 1.16. The van der Waals surface area contributed by atoms with Crippen LogP contribution in [0.5, 0.6) is 0 Å². The molecule has 0 N–H and O–H groups in total. The molecule has 3 aliphatic carbocycles. The number of para-hydroxylation sites is 2. The lowest BCUT2D eigenvalue weighted by Crippen LogP contribution is -2.61. The van der Waals surface area contributed by atoms with Crippen LogP contribution in [0.3, 0.4) is 0 Å². The molecule has 6 aliphatic rings. The van der Waals surface area contributed by atoms with Crippen LogP contribution in [0.2, 0.25) is 0 Å². The summed E-state index contributed by atoms with van der Waals surface area (Å²) in [4.78, 5) is 8.00. The normalized spacial score (nSPS) is 20.5. The number of fused-ring (bicyclic) bond motifs is 11. The minimum Gasteiger partial charge on any atom is -0.468 e. The molecule has 3 aliphatic heterocycles. The van der Waals surface area contributed by atoms with E-state index < -0.39 is 0 Å².